The molecule has 0 radical (unpaired) electrons. The maximum Gasteiger partial charge on any atom is 0.272 e. The van der Waals surface area contributed by atoms with Gasteiger partial charge in [-0.3, -0.25) is 73.8 Å². The molecule has 600 valence electrons. The van der Waals surface area contributed by atoms with Gasteiger partial charge in [0.15, 0.2) is 0 Å². The van der Waals surface area contributed by atoms with E-state index in [1.165, 1.54) is 151 Å². The van der Waals surface area contributed by atoms with Gasteiger partial charge in [-0.15, -0.1) is 37.2 Å². The second-order valence-electron chi connectivity index (χ2n) is 26.0. The Morgan fingerprint density at radius 1 is 0.237 bits per heavy atom. The number of nitrogens with zero attached hydrogens (tertiary/aromatic N) is 9. The van der Waals surface area contributed by atoms with Crippen molar-refractivity contribution in [3.8, 4) is 0 Å². The molecule has 0 unspecified atom stereocenters. The van der Waals surface area contributed by atoms with Crippen LogP contribution in [0.5, 0.6) is 0 Å². The van der Waals surface area contributed by atoms with Crippen LogP contribution in [0.3, 0.4) is 0 Å². The van der Waals surface area contributed by atoms with Crippen LogP contribution in [-0.4, -0.2) is 149 Å². The third-order valence-electron chi connectivity index (χ3n) is 17.2. The molecular weight excluding hydrogens is 1540 g/mol. The van der Waals surface area contributed by atoms with Gasteiger partial charge in [-0.25, -0.2) is 0 Å². The molecule has 0 atom stereocenters. The summed E-state index contributed by atoms with van der Waals surface area (Å²) in [5.74, 6) is -7.77. The highest BCUT2D eigenvalue weighted by atomic mass is 35.5. The molecular formula is C72H84Cl3N27O12. The predicted octanol–water partition coefficient (Wildman–Crippen LogP) is 5.44. The normalized spacial score (nSPS) is 10.6. The van der Waals surface area contributed by atoms with E-state index in [4.69, 9.17) is 33.4 Å². The first-order valence-electron chi connectivity index (χ1n) is 33.8. The van der Waals surface area contributed by atoms with Gasteiger partial charge in [0.05, 0.1) is 68.7 Å². The van der Waals surface area contributed by atoms with Crippen LogP contribution in [0.15, 0.2) is 129 Å². The number of anilines is 9. The summed E-state index contributed by atoms with van der Waals surface area (Å²) in [7, 11) is 14.2. The van der Waals surface area contributed by atoms with E-state index in [9.17, 15) is 57.5 Å². The average Bonchev–Trinajstić information content (AvgIpc) is 1.55. The fraction of sp³-hybridized carbons (Fsp3) is 0.208. The molecule has 1 aromatic carbocycles. The molecule has 0 bridgehead atoms. The minimum atomic E-state index is -0.844. The Hall–Kier alpha value is -14.3. The number of amides is 12. The largest absolute Gasteiger partial charge is 0.388 e. The number of carbonyl (C=O) groups is 12. The number of aromatic nitrogens is 9. The Labute approximate surface area is 668 Å². The molecule has 10 rings (SSSR count). The first kappa shape index (κ1) is 86.9. The number of halogens is 3. The van der Waals surface area contributed by atoms with Crippen LogP contribution in [0.2, 0.25) is 0 Å². The summed E-state index contributed by atoms with van der Waals surface area (Å²) >= 11 is 0. The van der Waals surface area contributed by atoms with E-state index in [0.717, 1.165) is 0 Å². The first-order chi connectivity index (χ1) is 52.5. The number of nitrogens with two attached hydrogens (primary N) is 3. The van der Waals surface area contributed by atoms with Gasteiger partial charge in [-0.2, -0.15) is 0 Å². The molecule has 0 aliphatic rings. The Morgan fingerprint density at radius 2 is 0.368 bits per heavy atom. The van der Waals surface area contributed by atoms with Crippen LogP contribution in [0.4, 0.5) is 51.2 Å². The van der Waals surface area contributed by atoms with E-state index in [1.54, 1.807) is 82.0 Å². The zero-order valence-corrected chi connectivity index (χ0v) is 65.2. The van der Waals surface area contributed by atoms with Gasteiger partial charge in [0, 0.05) is 175 Å². The number of rotatable bonds is 30. The Bertz CT molecular complexity index is 4960. The van der Waals surface area contributed by atoms with Gasteiger partial charge in [-0.05, 0) is 72.8 Å². The van der Waals surface area contributed by atoms with E-state index < -0.39 is 70.9 Å². The number of nitrogens with one attached hydrogen (secondary N) is 15. The number of carbonyl (C=O) groups excluding carboxylic acids is 12. The number of hydrogen-bond acceptors (Lipinski definition) is 15. The predicted molar refractivity (Wildman–Crippen MR) is 435 cm³/mol. The summed E-state index contributed by atoms with van der Waals surface area (Å²) < 4.78 is 13.3. The molecule has 0 saturated carbocycles. The maximum atomic E-state index is 14.5. The minimum absolute atomic E-state index is 0. The van der Waals surface area contributed by atoms with Crippen molar-refractivity contribution < 1.29 is 57.5 Å². The van der Waals surface area contributed by atoms with Gasteiger partial charge in [0.1, 0.15) is 51.2 Å². The Kier molecular flexibility index (Phi) is 28.1. The monoisotopic (exact) mass is 1620 g/mol. The second kappa shape index (κ2) is 36.9. The third kappa shape index (κ3) is 21.2. The highest BCUT2D eigenvalue weighted by Crippen LogP contribution is 2.27. The van der Waals surface area contributed by atoms with Gasteiger partial charge in [0.2, 0.25) is 0 Å². The van der Waals surface area contributed by atoms with Crippen molar-refractivity contribution >= 4 is 177 Å². The number of amidine groups is 3. The van der Waals surface area contributed by atoms with Gasteiger partial charge < -0.3 is 122 Å². The summed E-state index contributed by atoms with van der Waals surface area (Å²) in [5.41, 5.74) is 18.7. The molecule has 0 aliphatic carbocycles. The average molecular weight is 1630 g/mol. The summed E-state index contributed by atoms with van der Waals surface area (Å²) in [5, 5.41) is 54.8. The van der Waals surface area contributed by atoms with E-state index in [1.807, 2.05) is 0 Å². The molecule has 0 aliphatic heterocycles. The lowest BCUT2D eigenvalue weighted by atomic mass is 10.0. The smallest absolute Gasteiger partial charge is 0.272 e. The Morgan fingerprint density at radius 3 is 0.509 bits per heavy atom. The van der Waals surface area contributed by atoms with Crippen LogP contribution < -0.4 is 81.0 Å². The fourth-order valence-electron chi connectivity index (χ4n) is 11.7. The van der Waals surface area contributed by atoms with Gasteiger partial charge in [0.25, 0.3) is 70.9 Å². The summed E-state index contributed by atoms with van der Waals surface area (Å²) in [6, 6.07) is 16.4. The zero-order chi connectivity index (χ0) is 80.6. The molecule has 114 heavy (non-hydrogen) atoms. The van der Waals surface area contributed by atoms with Crippen molar-refractivity contribution in [1.29, 1.82) is 16.2 Å². The lowest BCUT2D eigenvalue weighted by molar-refractivity contribution is 0.0938. The maximum absolute atomic E-state index is 14.5. The molecule has 42 heteroatoms. The lowest BCUT2D eigenvalue weighted by Gasteiger charge is -2.10. The van der Waals surface area contributed by atoms with Gasteiger partial charge >= 0.3 is 0 Å². The molecule has 0 spiro atoms. The Balaban J connectivity index is 0.00000600. The van der Waals surface area contributed by atoms with Crippen molar-refractivity contribution in [2.75, 3.05) is 67.5 Å². The zero-order valence-electron chi connectivity index (χ0n) is 62.7. The van der Waals surface area contributed by atoms with E-state index in [0.29, 0.717) is 17.1 Å². The molecule has 9 heterocycles. The lowest BCUT2D eigenvalue weighted by Crippen LogP contribution is -2.28. The van der Waals surface area contributed by atoms with Crippen molar-refractivity contribution in [2.45, 2.75) is 19.3 Å². The molecule has 21 N–H and O–H groups in total. The second-order valence-corrected chi connectivity index (χ2v) is 26.0. The van der Waals surface area contributed by atoms with E-state index in [-0.39, 0.29) is 196 Å². The standard InChI is InChI=1S/C72H81N27O12.3ClH/c1-91-31-43(19-49(91)64(103)79-13-10-58(73)74)85-70(109)55-25-46(34-97(55)7)88-67(106)52-22-40(28-94(52)4)82-61(100)37-16-38(62(101)83-41-23-53(95(5)29-41)68(107)89-47-26-56(98(8)35-47)71(110)86-44-20-50(92(2)32-44)65(104)80-14-11-59(75)76)18-39(17-37)63(102)84-42-24-54(96(6)30-42)69(108)90-48-27-57(99(9)36-48)72(111)87-45-21-51(93(3)33-45)66(105)81-15-12-60(77)78;;;/h16-36H,10-15H2,1-9H3,(H3,73,74)(H3,75,76)(H3,77,78)(H,79,103)(H,80,104)(H,81,105)(H,82,100)(H,83,101)(H,84,102)(H,85,109)(H,86,110)(H,87,111)(H,88,106)(H,89,107)(H,90,108);3*1H. The van der Waals surface area contributed by atoms with Crippen molar-refractivity contribution in [1.82, 2.24) is 57.1 Å². The summed E-state index contributed by atoms with van der Waals surface area (Å²) in [6.07, 6.45) is 13.9. The van der Waals surface area contributed by atoms with Crippen molar-refractivity contribution in [2.24, 2.45) is 80.6 Å². The topological polar surface area (TPSA) is 543 Å². The fourth-order valence-corrected chi connectivity index (χ4v) is 11.7. The summed E-state index contributed by atoms with van der Waals surface area (Å²) in [6.45, 7) is 0.427. The first-order valence-corrected chi connectivity index (χ1v) is 33.8. The number of benzene rings is 1. The SMILES string of the molecule is Cl.Cl.Cl.Cn1cc(NC(=O)c2cc(NC(=O)c3cc(NC(=O)c4cc(C(=O)Nc5cc(C(=O)Nc6cc(C(=O)Nc7cc(C(=O)NCCC(=N)N)n(C)c7)n(C)c6)n(C)c5)cc(C(=O)Nc5cc(C(=O)Nc6cc(C(=O)Nc7cc(C(=O)NCCC(=N)N)n(C)c7)n(C)c6)n(C)c5)c4)cn3C)cn2C)cc1C(=O)NCCC(=N)N. The highest BCUT2D eigenvalue weighted by Gasteiger charge is 2.26. The third-order valence-corrected chi connectivity index (χ3v) is 17.2. The van der Waals surface area contributed by atoms with E-state index in [2.05, 4.69) is 63.8 Å². The summed E-state index contributed by atoms with van der Waals surface area (Å²) in [4.78, 5) is 164. The van der Waals surface area contributed by atoms with Crippen LogP contribution in [-0.2, 0) is 63.4 Å². The molecule has 10 aromatic rings. The molecule has 0 fully saturated rings. The van der Waals surface area contributed by atoms with Crippen LogP contribution in [0, 0.1) is 16.2 Å². The number of aryl methyl sites for hydroxylation is 9. The van der Waals surface area contributed by atoms with E-state index >= 15 is 0 Å². The van der Waals surface area contributed by atoms with Crippen LogP contribution in [0.1, 0.15) is 145 Å². The quantitative estimate of drug-likeness (QED) is 0.0197. The van der Waals surface area contributed by atoms with Crippen LogP contribution >= 0.6 is 37.2 Å². The molecule has 12 amide bonds. The van der Waals surface area contributed by atoms with Crippen molar-refractivity contribution in [3.05, 3.63) is 197 Å². The van der Waals surface area contributed by atoms with Crippen LogP contribution in [0.25, 0.3) is 0 Å². The molecule has 9 aromatic heterocycles. The van der Waals surface area contributed by atoms with Gasteiger partial charge in [-0.1, -0.05) is 0 Å². The minimum Gasteiger partial charge on any atom is -0.388 e. The highest BCUT2D eigenvalue weighted by molar-refractivity contribution is 6.16. The molecule has 0 saturated heterocycles. The number of hydrogen-bond donors (Lipinski definition) is 18. The molecule has 39 nitrogen and oxygen atoms in total. The van der Waals surface area contributed by atoms with Crippen molar-refractivity contribution in [3.63, 3.8) is 0 Å².